The summed E-state index contributed by atoms with van der Waals surface area (Å²) >= 11 is -17.7. The minimum Gasteiger partial charge on any atom is -0.369 e. The molecule has 0 saturated carbocycles. The molecule has 0 amide bonds. The van der Waals surface area contributed by atoms with E-state index in [2.05, 4.69) is 0 Å². The number of quaternary nitrogens is 1. The Morgan fingerprint density at radius 1 is 0.478 bits per heavy atom. The minimum absolute atomic E-state index is 0. The van der Waals surface area contributed by atoms with Crippen molar-refractivity contribution in [3.05, 3.63) is 0 Å². The molecule has 5 unspecified atom stereocenters. The maximum absolute atomic E-state index is 8.65. The molecule has 0 saturated heterocycles. The Kier molecular flexibility index (Phi) is 95.8. The average Bonchev–Trinajstić information content (AvgIpc) is 1.94. The van der Waals surface area contributed by atoms with E-state index in [1.54, 1.807) is 0 Å². The first-order chi connectivity index (χ1) is 8.66. The van der Waals surface area contributed by atoms with Gasteiger partial charge in [0, 0.05) is 16.8 Å². The van der Waals surface area contributed by atoms with Crippen molar-refractivity contribution in [1.29, 1.82) is 0 Å². The van der Waals surface area contributed by atoms with Crippen LogP contribution in [0.25, 0.3) is 0 Å². The largest absolute Gasteiger partial charge is 4.00 e. The third-order valence-electron chi connectivity index (χ3n) is 0. The van der Waals surface area contributed by atoms with Gasteiger partial charge in [-0.25, -0.2) is 0 Å². The van der Waals surface area contributed by atoms with Crippen molar-refractivity contribution in [2.75, 3.05) is 0 Å². The fourth-order valence-corrected chi connectivity index (χ4v) is 0. The normalized spacial score (nSPS) is 13.5. The zero-order chi connectivity index (χ0) is 17.9. The van der Waals surface area contributed by atoms with Gasteiger partial charge in [0.15, 0.2) is 0 Å². The molecule has 23 heteroatoms. The molecular weight excluding hydrogens is 903 g/mol. The second-order valence-electron chi connectivity index (χ2n) is 1.09. The van der Waals surface area contributed by atoms with Gasteiger partial charge in [-0.15, -0.1) is 0 Å². The van der Waals surface area contributed by atoms with Gasteiger partial charge in [0.05, 0.1) is 0 Å². The molecule has 0 aromatic rings. The third kappa shape index (κ3) is 2200. The summed E-state index contributed by atoms with van der Waals surface area (Å²) in [5, 5.41) is 0. The summed E-state index contributed by atoms with van der Waals surface area (Å²) < 4.78 is 122. The van der Waals surface area contributed by atoms with Gasteiger partial charge in [0.1, 0.15) is 0 Å². The van der Waals surface area contributed by atoms with Crippen molar-refractivity contribution in [2.45, 2.75) is 0 Å². The summed E-state index contributed by atoms with van der Waals surface area (Å²) in [5.74, 6) is 0. The van der Waals surface area contributed by atoms with E-state index < -0.39 is 72.5 Å². The Morgan fingerprint density at radius 3 is 0.478 bits per heavy atom. The summed E-state index contributed by atoms with van der Waals surface area (Å²) in [6.45, 7) is 0. The van der Waals surface area contributed by atoms with Crippen molar-refractivity contribution < 1.29 is 98.9 Å². The zero-order valence-electron chi connectivity index (χ0n) is 10.0. The maximum atomic E-state index is 8.65. The van der Waals surface area contributed by atoms with E-state index in [1.165, 1.54) is 0 Å². The molecule has 9 N–H and O–H groups in total. The monoisotopic (exact) mass is 916 g/mol. The van der Waals surface area contributed by atoms with E-state index in [1.807, 2.05) is 0 Å². The Hall–Kier alpha value is 2.35. The number of hydrogen-bond acceptors (Lipinski definition) is 10. The molecule has 0 spiro atoms. The van der Waals surface area contributed by atoms with E-state index in [4.69, 9.17) is 61.1 Å². The van der Waals surface area contributed by atoms with Crippen molar-refractivity contribution in [3.8, 4) is 0 Å². The summed E-state index contributed by atoms with van der Waals surface area (Å²) in [4.78, 5) is 0. The van der Waals surface area contributed by atoms with Crippen LogP contribution in [0.4, 0.5) is 0 Å². The first kappa shape index (κ1) is 49.9. The Bertz CT molecular complexity index is 219. The van der Waals surface area contributed by atoms with Crippen LogP contribution in [0.2, 0.25) is 0 Å². The topological polar surface area (TPSA) is 338 Å². The minimum atomic E-state index is -3.54. The second kappa shape index (κ2) is 44.1. The number of hydrogen-bond donors (Lipinski definition) is 6. The first-order valence-corrected chi connectivity index (χ1v) is 13.4. The molecule has 0 bridgehead atoms. The standard InChI is InChI=1S/Co.H3N.5H2O3Se.Pt/c;;5*1-4(2)3;/h;1H3;5*(H2,1,2,3);/q;;;;;;;+4/p-4. The van der Waals surface area contributed by atoms with Crippen LogP contribution in [0.3, 0.4) is 0 Å². The van der Waals surface area contributed by atoms with E-state index in [0.29, 0.717) is 0 Å². The Morgan fingerprint density at radius 2 is 0.478 bits per heavy atom. The van der Waals surface area contributed by atoms with E-state index in [0.717, 1.165) is 0 Å². The summed E-state index contributed by atoms with van der Waals surface area (Å²) in [6.07, 6.45) is 0. The van der Waals surface area contributed by atoms with Crippen LogP contribution < -0.4 is 27.1 Å². The molecule has 0 aliphatic heterocycles. The molecule has 23 heavy (non-hydrogen) atoms. The van der Waals surface area contributed by atoms with Crippen LogP contribution in [0.1, 0.15) is 0 Å². The predicted octanol–water partition coefficient (Wildman–Crippen LogP) is -10.9. The Balaban J connectivity index is -0.0000000197. The smallest absolute Gasteiger partial charge is 0.369 e. The van der Waals surface area contributed by atoms with Crippen molar-refractivity contribution >= 4 is 72.5 Å². The SMILES string of the molecule is O=[Se]([O-])O.O=[Se]([O-])O.O=[Se]([O-])O.O=[Se]([O-])O.O=[Se]([O-])O.[Co].[NH4+].[Pt+4]. The molecule has 16 nitrogen and oxygen atoms in total. The van der Waals surface area contributed by atoms with Crippen LogP contribution in [0, 0.1) is 0 Å². The van der Waals surface area contributed by atoms with Crippen LogP contribution >= 0.6 is 0 Å². The molecule has 0 fully saturated rings. The van der Waals surface area contributed by atoms with Gasteiger partial charge in [0.25, 0.3) is 0 Å². The first-order valence-electron chi connectivity index (χ1n) is 2.58. The van der Waals surface area contributed by atoms with Crippen molar-refractivity contribution in [3.63, 3.8) is 0 Å². The molecule has 0 aliphatic rings. The molecule has 0 aromatic heterocycles. The van der Waals surface area contributed by atoms with Gasteiger partial charge >= 0.3 is 155 Å². The molecule has 0 aliphatic carbocycles. The second-order valence-corrected chi connectivity index (χ2v) is 5.64. The molecule has 0 rings (SSSR count). The van der Waals surface area contributed by atoms with Gasteiger partial charge in [0.2, 0.25) is 0 Å². The Labute approximate surface area is 175 Å². The molecule has 0 heterocycles. The van der Waals surface area contributed by atoms with Crippen LogP contribution in [-0.2, 0) is 57.0 Å². The zero-order valence-corrected chi connectivity index (χ0v) is 21.9. The molecular formula is H9CoNO15PtSe5. The average molecular weight is 912 g/mol. The summed E-state index contributed by atoms with van der Waals surface area (Å²) in [7, 11) is 0. The molecule has 5 atom stereocenters. The summed E-state index contributed by atoms with van der Waals surface area (Å²) in [5.41, 5.74) is 0. The van der Waals surface area contributed by atoms with Gasteiger partial charge in [-0.3, -0.25) is 0 Å². The van der Waals surface area contributed by atoms with Crippen LogP contribution in [0.15, 0.2) is 0 Å². The van der Waals surface area contributed by atoms with Crippen molar-refractivity contribution in [1.82, 2.24) is 6.15 Å². The third-order valence-corrected chi connectivity index (χ3v) is 0. The quantitative estimate of drug-likeness (QED) is 0.123. The molecule has 1 radical (unpaired) electrons. The van der Waals surface area contributed by atoms with E-state index in [-0.39, 0.29) is 44.0 Å². The van der Waals surface area contributed by atoms with Gasteiger partial charge < -0.3 is 6.15 Å². The number of rotatable bonds is 0. The summed E-state index contributed by atoms with van der Waals surface area (Å²) in [6, 6.07) is 0. The van der Waals surface area contributed by atoms with Gasteiger partial charge in [-0.1, -0.05) is 0 Å². The van der Waals surface area contributed by atoms with E-state index in [9.17, 15) is 0 Å². The van der Waals surface area contributed by atoms with Crippen LogP contribution in [-0.4, -0.2) is 93.4 Å². The predicted molar refractivity (Wildman–Crippen MR) is 49.3 cm³/mol. The van der Waals surface area contributed by atoms with Crippen LogP contribution in [0.5, 0.6) is 0 Å². The maximum Gasteiger partial charge on any atom is 4.00 e. The van der Waals surface area contributed by atoms with E-state index >= 15 is 0 Å². The van der Waals surface area contributed by atoms with Gasteiger partial charge in [-0.2, -0.15) is 0 Å². The fraction of sp³-hybridized carbons (Fsp3) is 0. The van der Waals surface area contributed by atoms with Gasteiger partial charge in [-0.05, 0) is 0 Å². The van der Waals surface area contributed by atoms with Crippen molar-refractivity contribution in [2.24, 2.45) is 0 Å². The fourth-order valence-electron chi connectivity index (χ4n) is 0. The molecule has 153 valence electrons. The molecule has 0 aromatic carbocycles.